The van der Waals surface area contributed by atoms with Crippen LogP contribution in [0.3, 0.4) is 0 Å². The lowest BCUT2D eigenvalue weighted by Crippen LogP contribution is -2.42. The van der Waals surface area contributed by atoms with Gasteiger partial charge in [0.15, 0.2) is 5.82 Å². The molecule has 0 unspecified atom stereocenters. The number of β-amino-alcohol motifs (C(OH)–C–C–N with tert-alkyl or cyclic N) is 1. The van der Waals surface area contributed by atoms with Gasteiger partial charge in [-0.05, 0) is 24.7 Å². The van der Waals surface area contributed by atoms with Crippen LogP contribution in [0.15, 0.2) is 4.52 Å². The van der Waals surface area contributed by atoms with Crippen LogP contribution in [0, 0.1) is 11.8 Å². The smallest absolute Gasteiger partial charge is 0.240 e. The normalized spacial score (nSPS) is 32.4. The second-order valence-electron chi connectivity index (χ2n) is 6.54. The number of likely N-dealkylation sites (tertiary alicyclic amines) is 1. The lowest BCUT2D eigenvalue weighted by molar-refractivity contribution is -0.0258. The summed E-state index contributed by atoms with van der Waals surface area (Å²) in [7, 11) is 0. The minimum absolute atomic E-state index is 0.261. The van der Waals surface area contributed by atoms with E-state index >= 15 is 0 Å². The molecule has 2 fully saturated rings. The van der Waals surface area contributed by atoms with Crippen molar-refractivity contribution < 1.29 is 9.63 Å². The lowest BCUT2D eigenvalue weighted by Gasteiger charge is -2.31. The molecule has 1 aliphatic carbocycles. The number of aromatic nitrogens is 2. The maximum absolute atomic E-state index is 10.7. The van der Waals surface area contributed by atoms with E-state index in [2.05, 4.69) is 35.8 Å². The Balaban J connectivity index is 1.64. The van der Waals surface area contributed by atoms with Crippen molar-refractivity contribution in [3.8, 4) is 0 Å². The van der Waals surface area contributed by atoms with Crippen LogP contribution in [-0.2, 0) is 6.54 Å². The molecule has 0 amide bonds. The Labute approximate surface area is 114 Å². The van der Waals surface area contributed by atoms with Gasteiger partial charge in [0, 0.05) is 19.0 Å². The van der Waals surface area contributed by atoms with E-state index in [-0.39, 0.29) is 11.8 Å². The monoisotopic (exact) mass is 265 g/mol. The summed E-state index contributed by atoms with van der Waals surface area (Å²) in [4.78, 5) is 6.67. The molecule has 1 saturated heterocycles. The largest absolute Gasteiger partial charge is 0.388 e. The van der Waals surface area contributed by atoms with Gasteiger partial charge >= 0.3 is 0 Å². The molecule has 5 heteroatoms. The quantitative estimate of drug-likeness (QED) is 0.899. The van der Waals surface area contributed by atoms with Crippen molar-refractivity contribution in [3.63, 3.8) is 0 Å². The van der Waals surface area contributed by atoms with Gasteiger partial charge in [-0.1, -0.05) is 25.9 Å². The highest BCUT2D eigenvalue weighted by Gasteiger charge is 2.45. The number of rotatable bonds is 4. The highest BCUT2D eigenvalue weighted by molar-refractivity contribution is 5.04. The summed E-state index contributed by atoms with van der Waals surface area (Å²) in [5.74, 6) is 2.61. The van der Waals surface area contributed by atoms with Gasteiger partial charge in [0.25, 0.3) is 0 Å². The summed E-state index contributed by atoms with van der Waals surface area (Å²) < 4.78 is 5.31. The highest BCUT2D eigenvalue weighted by Crippen LogP contribution is 2.38. The molecule has 0 radical (unpaired) electrons. The maximum atomic E-state index is 10.7. The van der Waals surface area contributed by atoms with Crippen molar-refractivity contribution in [1.29, 1.82) is 0 Å². The van der Waals surface area contributed by atoms with Crippen LogP contribution < -0.4 is 0 Å². The number of hydrogen-bond acceptors (Lipinski definition) is 5. The van der Waals surface area contributed by atoms with Crippen LogP contribution in [0.1, 0.15) is 51.2 Å². The van der Waals surface area contributed by atoms with Gasteiger partial charge in [-0.15, -0.1) is 0 Å². The molecule has 5 nitrogen and oxygen atoms in total. The molecule has 1 N–H and O–H groups in total. The molecule has 1 aromatic heterocycles. The van der Waals surface area contributed by atoms with E-state index in [1.165, 1.54) is 12.8 Å². The van der Waals surface area contributed by atoms with Gasteiger partial charge in [-0.2, -0.15) is 4.98 Å². The summed E-state index contributed by atoms with van der Waals surface area (Å²) in [6.07, 6.45) is 2.37. The average Bonchev–Trinajstić information content (AvgIpc) is 3.02. The van der Waals surface area contributed by atoms with Crippen LogP contribution >= 0.6 is 0 Å². The van der Waals surface area contributed by atoms with Gasteiger partial charge in [-0.3, -0.25) is 4.90 Å². The van der Waals surface area contributed by atoms with Crippen molar-refractivity contribution in [1.82, 2.24) is 15.0 Å². The molecule has 1 saturated carbocycles. The zero-order chi connectivity index (χ0) is 13.6. The van der Waals surface area contributed by atoms with Gasteiger partial charge in [0.2, 0.25) is 5.89 Å². The third-order valence-electron chi connectivity index (χ3n) is 4.65. The molecule has 1 aromatic rings. The Morgan fingerprint density at radius 1 is 1.47 bits per heavy atom. The summed E-state index contributed by atoms with van der Waals surface area (Å²) in [5, 5.41) is 14.7. The van der Waals surface area contributed by atoms with Crippen LogP contribution in [0.2, 0.25) is 0 Å². The predicted molar refractivity (Wildman–Crippen MR) is 70.5 cm³/mol. The van der Waals surface area contributed by atoms with Gasteiger partial charge < -0.3 is 9.63 Å². The van der Waals surface area contributed by atoms with Crippen molar-refractivity contribution >= 4 is 0 Å². The summed E-state index contributed by atoms with van der Waals surface area (Å²) in [5.41, 5.74) is -0.598. The van der Waals surface area contributed by atoms with Gasteiger partial charge in [0.05, 0.1) is 12.1 Å². The Bertz CT molecular complexity index is 455. The molecule has 2 aliphatic rings. The van der Waals surface area contributed by atoms with E-state index in [9.17, 15) is 5.11 Å². The third-order valence-corrected chi connectivity index (χ3v) is 4.65. The Kier molecular flexibility index (Phi) is 3.14. The van der Waals surface area contributed by atoms with Gasteiger partial charge in [0.1, 0.15) is 0 Å². The van der Waals surface area contributed by atoms with Crippen LogP contribution in [0.4, 0.5) is 0 Å². The molecular weight excluding hydrogens is 242 g/mol. The SMILES string of the molecule is CC(C)[C@@]1(O)CN(Cc2nc(C3CC3)no2)C[C@@H]1C. The zero-order valence-corrected chi connectivity index (χ0v) is 12.0. The van der Waals surface area contributed by atoms with E-state index in [0.717, 1.165) is 12.4 Å². The molecule has 0 bridgehead atoms. The number of aliphatic hydroxyl groups is 1. The lowest BCUT2D eigenvalue weighted by atomic mass is 9.82. The minimum Gasteiger partial charge on any atom is -0.388 e. The fourth-order valence-corrected chi connectivity index (χ4v) is 3.03. The molecule has 106 valence electrons. The van der Waals surface area contributed by atoms with E-state index in [1.54, 1.807) is 0 Å². The summed E-state index contributed by atoms with van der Waals surface area (Å²) in [6.45, 7) is 8.50. The Morgan fingerprint density at radius 2 is 2.21 bits per heavy atom. The second kappa shape index (κ2) is 4.56. The Morgan fingerprint density at radius 3 is 2.79 bits per heavy atom. The molecule has 2 atom stereocenters. The van der Waals surface area contributed by atoms with Crippen molar-refractivity contribution in [2.24, 2.45) is 11.8 Å². The first-order valence-electron chi connectivity index (χ1n) is 7.26. The van der Waals surface area contributed by atoms with Crippen LogP contribution in [0.25, 0.3) is 0 Å². The molecular formula is C14H23N3O2. The molecule has 3 rings (SSSR count). The minimum atomic E-state index is -0.598. The molecule has 2 heterocycles. The van der Waals surface area contributed by atoms with E-state index in [4.69, 9.17) is 4.52 Å². The molecule has 0 aromatic carbocycles. The third kappa shape index (κ3) is 2.41. The van der Waals surface area contributed by atoms with Crippen LogP contribution in [-0.4, -0.2) is 38.8 Å². The predicted octanol–water partition coefficient (Wildman–Crippen LogP) is 1.79. The highest BCUT2D eigenvalue weighted by atomic mass is 16.5. The summed E-state index contributed by atoms with van der Waals surface area (Å²) in [6, 6.07) is 0. The zero-order valence-electron chi connectivity index (χ0n) is 12.0. The van der Waals surface area contributed by atoms with Crippen LogP contribution in [0.5, 0.6) is 0 Å². The standard InChI is InChI=1S/C14H23N3O2/c1-9(2)14(18)8-17(6-10(14)3)7-12-15-13(16-19-12)11-4-5-11/h9-11,18H,4-8H2,1-3H3/t10-,14-/m0/s1. The second-order valence-corrected chi connectivity index (χ2v) is 6.54. The fourth-order valence-electron chi connectivity index (χ4n) is 3.03. The van der Waals surface area contributed by atoms with Gasteiger partial charge in [-0.25, -0.2) is 0 Å². The van der Waals surface area contributed by atoms with Crippen molar-refractivity contribution in [2.45, 2.75) is 51.7 Å². The fraction of sp³-hybridized carbons (Fsp3) is 0.857. The molecule has 0 spiro atoms. The average molecular weight is 265 g/mol. The number of hydrogen-bond donors (Lipinski definition) is 1. The summed E-state index contributed by atoms with van der Waals surface area (Å²) >= 11 is 0. The van der Waals surface area contributed by atoms with Crippen molar-refractivity contribution in [2.75, 3.05) is 13.1 Å². The first-order chi connectivity index (χ1) is 8.99. The Hall–Kier alpha value is -0.940. The molecule has 1 aliphatic heterocycles. The maximum Gasteiger partial charge on any atom is 0.240 e. The first-order valence-corrected chi connectivity index (χ1v) is 7.26. The van der Waals surface area contributed by atoms with E-state index < -0.39 is 5.60 Å². The first kappa shape index (κ1) is 13.1. The number of nitrogens with zero attached hydrogens (tertiary/aromatic N) is 3. The molecule has 19 heavy (non-hydrogen) atoms. The van der Waals surface area contributed by atoms with E-state index in [1.807, 2.05) is 0 Å². The topological polar surface area (TPSA) is 62.4 Å². The van der Waals surface area contributed by atoms with E-state index in [0.29, 0.717) is 24.9 Å². The van der Waals surface area contributed by atoms with Crippen molar-refractivity contribution in [3.05, 3.63) is 11.7 Å².